The number of nitro benzene ring substituents is 1. The molecule has 0 aliphatic heterocycles. The zero-order valence-corrected chi connectivity index (χ0v) is 14.7. The summed E-state index contributed by atoms with van der Waals surface area (Å²) >= 11 is 0. The number of non-ortho nitro benzene ring substituents is 1. The molecule has 0 aliphatic carbocycles. The fraction of sp³-hybridized carbons (Fsp3) is 0. The van der Waals surface area contributed by atoms with Crippen molar-refractivity contribution in [2.24, 2.45) is 0 Å². The highest BCUT2D eigenvalue weighted by Gasteiger charge is 2.17. The van der Waals surface area contributed by atoms with Gasteiger partial charge in [0, 0.05) is 23.1 Å². The molecule has 0 saturated heterocycles. The Bertz CT molecular complexity index is 1450. The molecule has 2 aromatic heterocycles. The summed E-state index contributed by atoms with van der Waals surface area (Å²) in [5.41, 5.74) is 0.481. The van der Waals surface area contributed by atoms with Crippen LogP contribution in [0.15, 0.2) is 80.4 Å². The lowest BCUT2D eigenvalue weighted by Gasteiger charge is -2.03. The Morgan fingerprint density at radius 3 is 2.38 bits per heavy atom. The van der Waals surface area contributed by atoms with Crippen LogP contribution in [0, 0.1) is 10.1 Å². The maximum Gasteiger partial charge on any atom is 0.349 e. The molecule has 5 aromatic rings. The maximum absolute atomic E-state index is 12.5. The SMILES string of the molecule is O=c1oc2ccc3ccccc3c2cc1-c1nnc(-c2ccc([N+](=O)[O-])cc2)o1. The maximum atomic E-state index is 12.5. The van der Waals surface area contributed by atoms with Gasteiger partial charge in [0.15, 0.2) is 0 Å². The minimum absolute atomic E-state index is 0.0157. The van der Waals surface area contributed by atoms with Gasteiger partial charge in [0.25, 0.3) is 11.6 Å². The molecule has 140 valence electrons. The van der Waals surface area contributed by atoms with E-state index in [1.165, 1.54) is 24.3 Å². The quantitative estimate of drug-likeness (QED) is 0.193. The van der Waals surface area contributed by atoms with Crippen molar-refractivity contribution in [3.05, 3.63) is 87.3 Å². The number of hydrogen-bond donors (Lipinski definition) is 0. The highest BCUT2D eigenvalue weighted by Crippen LogP contribution is 2.29. The van der Waals surface area contributed by atoms with Gasteiger partial charge in [0.2, 0.25) is 5.89 Å². The van der Waals surface area contributed by atoms with E-state index in [9.17, 15) is 14.9 Å². The van der Waals surface area contributed by atoms with Gasteiger partial charge in [-0.3, -0.25) is 10.1 Å². The summed E-state index contributed by atoms with van der Waals surface area (Å²) in [5, 5.41) is 21.4. The summed E-state index contributed by atoms with van der Waals surface area (Å²) in [6, 6.07) is 18.8. The van der Waals surface area contributed by atoms with Crippen LogP contribution in [0.4, 0.5) is 5.69 Å². The molecule has 0 spiro atoms. The van der Waals surface area contributed by atoms with Crippen molar-refractivity contribution in [2.45, 2.75) is 0 Å². The molecule has 0 bridgehead atoms. The van der Waals surface area contributed by atoms with Gasteiger partial charge in [-0.05, 0) is 35.0 Å². The number of nitro groups is 1. The lowest BCUT2D eigenvalue weighted by atomic mass is 10.0. The second-order valence-electron chi connectivity index (χ2n) is 6.36. The van der Waals surface area contributed by atoms with Gasteiger partial charge in [-0.2, -0.15) is 0 Å². The van der Waals surface area contributed by atoms with E-state index in [0.717, 1.165) is 16.2 Å². The van der Waals surface area contributed by atoms with Crippen LogP contribution in [-0.2, 0) is 0 Å². The Morgan fingerprint density at radius 1 is 0.828 bits per heavy atom. The smallest absolute Gasteiger partial charge is 0.349 e. The molecule has 0 amide bonds. The molecule has 5 rings (SSSR count). The summed E-state index contributed by atoms with van der Waals surface area (Å²) in [4.78, 5) is 22.8. The number of benzene rings is 3. The van der Waals surface area contributed by atoms with Crippen LogP contribution < -0.4 is 5.63 Å². The van der Waals surface area contributed by atoms with E-state index in [1.54, 1.807) is 12.1 Å². The average molecular weight is 385 g/mol. The molecule has 29 heavy (non-hydrogen) atoms. The Hall–Kier alpha value is -4.33. The number of fused-ring (bicyclic) bond motifs is 3. The van der Waals surface area contributed by atoms with Crippen LogP contribution in [0.25, 0.3) is 44.7 Å². The van der Waals surface area contributed by atoms with Gasteiger partial charge in [0.05, 0.1) is 4.92 Å². The number of nitrogens with zero attached hydrogens (tertiary/aromatic N) is 3. The first-order valence-corrected chi connectivity index (χ1v) is 8.64. The van der Waals surface area contributed by atoms with E-state index < -0.39 is 10.5 Å². The predicted molar refractivity (Wildman–Crippen MR) is 105 cm³/mol. The lowest BCUT2D eigenvalue weighted by molar-refractivity contribution is -0.384. The van der Waals surface area contributed by atoms with Gasteiger partial charge >= 0.3 is 5.63 Å². The number of aromatic nitrogens is 2. The average Bonchev–Trinajstić information content (AvgIpc) is 3.23. The van der Waals surface area contributed by atoms with E-state index >= 15 is 0 Å². The molecule has 3 aromatic carbocycles. The molecule has 0 saturated carbocycles. The molecule has 0 fully saturated rings. The van der Waals surface area contributed by atoms with Crippen molar-refractivity contribution in [1.29, 1.82) is 0 Å². The summed E-state index contributed by atoms with van der Waals surface area (Å²) in [7, 11) is 0. The summed E-state index contributed by atoms with van der Waals surface area (Å²) in [6.07, 6.45) is 0. The highest BCUT2D eigenvalue weighted by atomic mass is 16.6. The van der Waals surface area contributed by atoms with Gasteiger partial charge in [-0.1, -0.05) is 30.3 Å². The monoisotopic (exact) mass is 385 g/mol. The lowest BCUT2D eigenvalue weighted by Crippen LogP contribution is -2.03. The zero-order chi connectivity index (χ0) is 20.0. The van der Waals surface area contributed by atoms with Crippen molar-refractivity contribution >= 4 is 27.4 Å². The van der Waals surface area contributed by atoms with Gasteiger partial charge in [-0.25, -0.2) is 4.79 Å². The third-order valence-electron chi connectivity index (χ3n) is 4.62. The minimum Gasteiger partial charge on any atom is -0.422 e. The molecule has 8 nitrogen and oxygen atoms in total. The van der Waals surface area contributed by atoms with Crippen LogP contribution in [0.5, 0.6) is 0 Å². The normalized spacial score (nSPS) is 11.2. The van der Waals surface area contributed by atoms with Crippen molar-refractivity contribution in [3.63, 3.8) is 0 Å². The van der Waals surface area contributed by atoms with Gasteiger partial charge in [0.1, 0.15) is 11.1 Å². The van der Waals surface area contributed by atoms with Crippen LogP contribution in [0.3, 0.4) is 0 Å². The number of rotatable bonds is 3. The van der Waals surface area contributed by atoms with Crippen LogP contribution in [0.2, 0.25) is 0 Å². The molecule has 0 aliphatic rings. The Balaban J connectivity index is 1.62. The fourth-order valence-corrected chi connectivity index (χ4v) is 3.20. The second kappa shape index (κ2) is 6.38. The molecule has 0 N–H and O–H groups in total. The van der Waals surface area contributed by atoms with Crippen molar-refractivity contribution in [3.8, 4) is 22.9 Å². The van der Waals surface area contributed by atoms with Crippen molar-refractivity contribution in [1.82, 2.24) is 10.2 Å². The van der Waals surface area contributed by atoms with E-state index in [1.807, 2.05) is 30.3 Å². The first kappa shape index (κ1) is 16.8. The molecular formula is C21H11N3O5. The first-order valence-electron chi connectivity index (χ1n) is 8.64. The van der Waals surface area contributed by atoms with Gasteiger partial charge < -0.3 is 8.83 Å². The fourth-order valence-electron chi connectivity index (χ4n) is 3.20. The predicted octanol–water partition coefficient (Wildman–Crippen LogP) is 4.57. The number of hydrogen-bond acceptors (Lipinski definition) is 7. The van der Waals surface area contributed by atoms with E-state index in [2.05, 4.69) is 10.2 Å². The molecule has 0 atom stereocenters. The highest BCUT2D eigenvalue weighted by molar-refractivity contribution is 6.06. The second-order valence-corrected chi connectivity index (χ2v) is 6.36. The third kappa shape index (κ3) is 2.83. The molecular weight excluding hydrogens is 374 g/mol. The Labute approximate surface area is 162 Å². The minimum atomic E-state index is -0.591. The molecule has 8 heteroatoms. The van der Waals surface area contributed by atoms with Crippen molar-refractivity contribution < 1.29 is 13.8 Å². The van der Waals surface area contributed by atoms with E-state index in [4.69, 9.17) is 8.83 Å². The third-order valence-corrected chi connectivity index (χ3v) is 4.62. The summed E-state index contributed by atoms with van der Waals surface area (Å²) in [6.45, 7) is 0. The van der Waals surface area contributed by atoms with Crippen molar-refractivity contribution in [2.75, 3.05) is 0 Å². The molecule has 0 unspecified atom stereocenters. The standard InChI is InChI=1S/C21H11N3O5/c25-21-17(11-16-15-4-2-1-3-12(15)7-10-18(16)28-21)20-23-22-19(29-20)13-5-8-14(9-6-13)24(26)27/h1-11H. The molecule has 2 heterocycles. The summed E-state index contributed by atoms with van der Waals surface area (Å²) in [5.74, 6) is 0.161. The van der Waals surface area contributed by atoms with Crippen LogP contribution in [-0.4, -0.2) is 15.1 Å². The summed E-state index contributed by atoms with van der Waals surface area (Å²) < 4.78 is 11.1. The largest absolute Gasteiger partial charge is 0.422 e. The Kier molecular flexibility index (Phi) is 3.70. The van der Waals surface area contributed by atoms with E-state index in [0.29, 0.717) is 11.1 Å². The zero-order valence-electron chi connectivity index (χ0n) is 14.7. The Morgan fingerprint density at radius 2 is 1.59 bits per heavy atom. The first-order chi connectivity index (χ1) is 14.1. The molecule has 0 radical (unpaired) electrons. The van der Waals surface area contributed by atoms with Crippen LogP contribution in [0.1, 0.15) is 0 Å². The van der Waals surface area contributed by atoms with Crippen LogP contribution >= 0.6 is 0 Å². The van der Waals surface area contributed by atoms with Gasteiger partial charge in [-0.15, -0.1) is 10.2 Å². The topological polar surface area (TPSA) is 112 Å². The van der Waals surface area contributed by atoms with E-state index in [-0.39, 0.29) is 23.0 Å².